The van der Waals surface area contributed by atoms with E-state index < -0.39 is 0 Å². The van der Waals surface area contributed by atoms with Crippen molar-refractivity contribution in [3.05, 3.63) is 60.4 Å². The highest BCUT2D eigenvalue weighted by atomic mass is 32.2. The molecule has 0 saturated heterocycles. The minimum absolute atomic E-state index is 0.164. The summed E-state index contributed by atoms with van der Waals surface area (Å²) in [6, 6.07) is 14.7. The molecule has 0 radical (unpaired) electrons. The van der Waals surface area contributed by atoms with E-state index in [2.05, 4.69) is 15.5 Å². The summed E-state index contributed by atoms with van der Waals surface area (Å²) in [6.45, 7) is 0. The molecule has 0 fully saturated rings. The molecule has 0 unspecified atom stereocenters. The SMILES string of the molecule is COc1ccc(-c2ccc(SCC(=O)Nc3ccc(F)cc3)nn2)c(OC)c1. The zero-order chi connectivity index (χ0) is 19.9. The lowest BCUT2D eigenvalue weighted by Gasteiger charge is -2.10. The van der Waals surface area contributed by atoms with Crippen LogP contribution in [0, 0.1) is 5.82 Å². The van der Waals surface area contributed by atoms with Crippen LogP contribution in [0.5, 0.6) is 11.5 Å². The highest BCUT2D eigenvalue weighted by Crippen LogP contribution is 2.32. The predicted molar refractivity (Wildman–Crippen MR) is 106 cm³/mol. The Labute approximate surface area is 166 Å². The van der Waals surface area contributed by atoms with Crippen molar-refractivity contribution in [3.8, 4) is 22.8 Å². The van der Waals surface area contributed by atoms with Crippen LogP contribution in [-0.2, 0) is 4.79 Å². The summed E-state index contributed by atoms with van der Waals surface area (Å²) >= 11 is 1.26. The van der Waals surface area contributed by atoms with E-state index in [0.29, 0.717) is 27.9 Å². The lowest BCUT2D eigenvalue weighted by molar-refractivity contribution is -0.113. The maximum atomic E-state index is 12.9. The topological polar surface area (TPSA) is 73.3 Å². The monoisotopic (exact) mass is 399 g/mol. The van der Waals surface area contributed by atoms with Gasteiger partial charge in [0.2, 0.25) is 5.91 Å². The van der Waals surface area contributed by atoms with Crippen molar-refractivity contribution in [2.24, 2.45) is 0 Å². The standard InChI is InChI=1S/C20H18FN3O3S/c1-26-15-7-8-16(18(11-15)27-2)17-9-10-20(24-23-17)28-12-19(25)22-14-5-3-13(21)4-6-14/h3-11H,12H2,1-2H3,(H,22,25). The number of methoxy groups -OCH3 is 2. The Morgan fingerprint density at radius 2 is 1.82 bits per heavy atom. The number of hydrogen-bond donors (Lipinski definition) is 1. The van der Waals surface area contributed by atoms with Crippen LogP contribution in [0.3, 0.4) is 0 Å². The number of aromatic nitrogens is 2. The van der Waals surface area contributed by atoms with Crippen molar-refractivity contribution in [2.45, 2.75) is 5.03 Å². The normalized spacial score (nSPS) is 10.4. The Morgan fingerprint density at radius 1 is 1.04 bits per heavy atom. The fraction of sp³-hybridized carbons (Fsp3) is 0.150. The van der Waals surface area contributed by atoms with Crippen LogP contribution >= 0.6 is 11.8 Å². The van der Waals surface area contributed by atoms with Gasteiger partial charge in [0.05, 0.1) is 25.7 Å². The fourth-order valence-corrected chi connectivity index (χ4v) is 3.03. The molecule has 0 spiro atoms. The minimum Gasteiger partial charge on any atom is -0.497 e. The summed E-state index contributed by atoms with van der Waals surface area (Å²) in [5, 5.41) is 11.7. The van der Waals surface area contributed by atoms with E-state index in [1.54, 1.807) is 26.4 Å². The lowest BCUT2D eigenvalue weighted by atomic mass is 10.1. The quantitative estimate of drug-likeness (QED) is 0.605. The van der Waals surface area contributed by atoms with Crippen molar-refractivity contribution >= 4 is 23.4 Å². The molecule has 3 rings (SSSR count). The Balaban J connectivity index is 1.61. The highest BCUT2D eigenvalue weighted by Gasteiger charge is 2.11. The molecule has 0 aliphatic heterocycles. The van der Waals surface area contributed by atoms with Crippen LogP contribution in [-0.4, -0.2) is 36.1 Å². The number of benzene rings is 2. The summed E-state index contributed by atoms with van der Waals surface area (Å²) in [5.74, 6) is 0.924. The molecule has 0 aliphatic rings. The fourth-order valence-electron chi connectivity index (χ4n) is 2.42. The molecular formula is C20H18FN3O3S. The Kier molecular flexibility index (Phi) is 6.44. The number of carbonyl (C=O) groups is 1. The van der Waals surface area contributed by atoms with Crippen molar-refractivity contribution in [3.63, 3.8) is 0 Å². The molecule has 0 atom stereocenters. The number of amides is 1. The third-order valence-corrected chi connectivity index (χ3v) is 4.72. The summed E-state index contributed by atoms with van der Waals surface area (Å²) in [4.78, 5) is 12.0. The lowest BCUT2D eigenvalue weighted by Crippen LogP contribution is -2.14. The van der Waals surface area contributed by atoms with Gasteiger partial charge in [0.25, 0.3) is 0 Å². The van der Waals surface area contributed by atoms with Gasteiger partial charge in [0.15, 0.2) is 0 Å². The summed E-state index contributed by atoms with van der Waals surface area (Å²) in [5.41, 5.74) is 1.99. The Morgan fingerprint density at radius 3 is 2.46 bits per heavy atom. The largest absolute Gasteiger partial charge is 0.497 e. The number of nitrogens with zero attached hydrogens (tertiary/aromatic N) is 2. The van der Waals surface area contributed by atoms with Gasteiger partial charge in [-0.2, -0.15) is 0 Å². The molecule has 6 nitrogen and oxygen atoms in total. The second-order valence-electron chi connectivity index (χ2n) is 5.67. The van der Waals surface area contributed by atoms with Gasteiger partial charge in [-0.05, 0) is 48.5 Å². The molecule has 3 aromatic rings. The number of ether oxygens (including phenoxy) is 2. The van der Waals surface area contributed by atoms with Crippen LogP contribution < -0.4 is 14.8 Å². The third kappa shape index (κ3) is 4.98. The van der Waals surface area contributed by atoms with Crippen molar-refractivity contribution < 1.29 is 18.7 Å². The molecule has 1 aromatic heterocycles. The molecule has 0 bridgehead atoms. The number of thioether (sulfide) groups is 1. The van der Waals surface area contributed by atoms with Gasteiger partial charge in [-0.1, -0.05) is 11.8 Å². The number of hydrogen-bond acceptors (Lipinski definition) is 6. The number of nitrogens with one attached hydrogen (secondary N) is 1. The molecule has 28 heavy (non-hydrogen) atoms. The van der Waals surface area contributed by atoms with Gasteiger partial charge >= 0.3 is 0 Å². The van der Waals surface area contributed by atoms with Gasteiger partial charge in [-0.3, -0.25) is 4.79 Å². The summed E-state index contributed by atoms with van der Waals surface area (Å²) in [6.07, 6.45) is 0. The zero-order valence-electron chi connectivity index (χ0n) is 15.3. The summed E-state index contributed by atoms with van der Waals surface area (Å²) < 4.78 is 23.5. The first-order valence-corrected chi connectivity index (χ1v) is 9.32. The molecule has 8 heteroatoms. The molecule has 1 amide bonds. The third-order valence-electron chi connectivity index (χ3n) is 3.80. The molecule has 1 heterocycles. The van der Waals surface area contributed by atoms with E-state index in [-0.39, 0.29) is 17.5 Å². The van der Waals surface area contributed by atoms with E-state index in [4.69, 9.17) is 9.47 Å². The number of anilines is 1. The van der Waals surface area contributed by atoms with Crippen molar-refractivity contribution in [1.82, 2.24) is 10.2 Å². The molecule has 2 aromatic carbocycles. The maximum absolute atomic E-state index is 12.9. The second kappa shape index (κ2) is 9.18. The maximum Gasteiger partial charge on any atom is 0.234 e. The van der Waals surface area contributed by atoms with Crippen molar-refractivity contribution in [1.29, 1.82) is 0 Å². The smallest absolute Gasteiger partial charge is 0.234 e. The first-order chi connectivity index (χ1) is 13.6. The average molecular weight is 399 g/mol. The van der Waals surface area contributed by atoms with Crippen molar-refractivity contribution in [2.75, 3.05) is 25.3 Å². The first-order valence-electron chi connectivity index (χ1n) is 8.33. The van der Waals surface area contributed by atoms with E-state index in [0.717, 1.165) is 5.56 Å². The first kappa shape index (κ1) is 19.6. The molecular weight excluding hydrogens is 381 g/mol. The van der Waals surface area contributed by atoms with E-state index >= 15 is 0 Å². The second-order valence-corrected chi connectivity index (χ2v) is 6.66. The van der Waals surface area contributed by atoms with E-state index in [9.17, 15) is 9.18 Å². The van der Waals surface area contributed by atoms with E-state index in [1.807, 2.05) is 18.2 Å². The van der Waals surface area contributed by atoms with Crippen LogP contribution in [0.15, 0.2) is 59.6 Å². The molecule has 1 N–H and O–H groups in total. The minimum atomic E-state index is -0.351. The molecule has 0 saturated carbocycles. The Hall–Kier alpha value is -3.13. The van der Waals surface area contributed by atoms with Crippen LogP contribution in [0.2, 0.25) is 0 Å². The average Bonchev–Trinajstić information content (AvgIpc) is 2.74. The van der Waals surface area contributed by atoms with E-state index in [1.165, 1.54) is 36.0 Å². The molecule has 144 valence electrons. The van der Waals surface area contributed by atoms with Crippen LogP contribution in [0.4, 0.5) is 10.1 Å². The van der Waals surface area contributed by atoms with Crippen LogP contribution in [0.1, 0.15) is 0 Å². The van der Waals surface area contributed by atoms with Crippen LogP contribution in [0.25, 0.3) is 11.3 Å². The van der Waals surface area contributed by atoms with Gasteiger partial charge in [-0.25, -0.2) is 4.39 Å². The highest BCUT2D eigenvalue weighted by molar-refractivity contribution is 7.99. The number of carbonyl (C=O) groups excluding carboxylic acids is 1. The zero-order valence-corrected chi connectivity index (χ0v) is 16.1. The predicted octanol–water partition coefficient (Wildman–Crippen LogP) is 4.03. The van der Waals surface area contributed by atoms with Gasteiger partial charge in [0, 0.05) is 17.3 Å². The number of halogens is 1. The summed E-state index contributed by atoms with van der Waals surface area (Å²) in [7, 11) is 3.17. The van der Waals surface area contributed by atoms with Gasteiger partial charge < -0.3 is 14.8 Å². The number of rotatable bonds is 7. The van der Waals surface area contributed by atoms with Gasteiger partial charge in [-0.15, -0.1) is 10.2 Å². The molecule has 0 aliphatic carbocycles. The Bertz CT molecular complexity index is 950. The van der Waals surface area contributed by atoms with Gasteiger partial charge in [0.1, 0.15) is 22.3 Å².